The zero-order chi connectivity index (χ0) is 14.4. The van der Waals surface area contributed by atoms with E-state index in [9.17, 15) is 9.90 Å². The summed E-state index contributed by atoms with van der Waals surface area (Å²) in [6, 6.07) is -0.195. The molecule has 0 aliphatic carbocycles. The number of rotatable bonds is 6. The number of likely N-dealkylation sites (tertiary alicyclic amines) is 1. The highest BCUT2D eigenvalue weighted by molar-refractivity contribution is 5.81. The van der Waals surface area contributed by atoms with Gasteiger partial charge in [-0.2, -0.15) is 0 Å². The van der Waals surface area contributed by atoms with Crippen molar-refractivity contribution < 1.29 is 14.6 Å². The van der Waals surface area contributed by atoms with Gasteiger partial charge >= 0.3 is 0 Å². The molecule has 1 amide bonds. The monoisotopic (exact) mass is 272 g/mol. The summed E-state index contributed by atoms with van der Waals surface area (Å²) in [6.07, 6.45) is 1.63. The number of likely N-dealkylation sites (N-methyl/N-ethyl adjacent to an activating group) is 1. The minimum absolute atomic E-state index is 0.166. The van der Waals surface area contributed by atoms with E-state index in [4.69, 9.17) is 4.74 Å². The molecule has 2 atom stereocenters. The van der Waals surface area contributed by atoms with E-state index in [1.165, 1.54) is 0 Å². The fourth-order valence-corrected chi connectivity index (χ4v) is 2.42. The zero-order valence-electron chi connectivity index (χ0n) is 12.6. The Bertz CT molecular complexity index is 278. The predicted octanol–water partition coefficient (Wildman–Crippen LogP) is 0.573. The van der Waals surface area contributed by atoms with Gasteiger partial charge in [0.2, 0.25) is 5.91 Å². The highest BCUT2D eigenvalue weighted by Gasteiger charge is 2.27. The molecule has 1 fully saturated rings. The van der Waals surface area contributed by atoms with E-state index in [-0.39, 0.29) is 11.9 Å². The molecule has 19 heavy (non-hydrogen) atoms. The van der Waals surface area contributed by atoms with Crippen molar-refractivity contribution in [2.24, 2.45) is 5.92 Å². The second-order valence-electron chi connectivity index (χ2n) is 5.73. The Morgan fingerprint density at radius 2 is 2.05 bits per heavy atom. The number of amides is 1. The van der Waals surface area contributed by atoms with Gasteiger partial charge < -0.3 is 14.7 Å². The van der Waals surface area contributed by atoms with E-state index in [2.05, 4.69) is 6.92 Å². The van der Waals surface area contributed by atoms with Crippen molar-refractivity contribution in [3.05, 3.63) is 0 Å². The van der Waals surface area contributed by atoms with Crippen molar-refractivity contribution in [3.8, 4) is 0 Å². The lowest BCUT2D eigenvalue weighted by Gasteiger charge is -2.35. The van der Waals surface area contributed by atoms with Gasteiger partial charge in [-0.1, -0.05) is 6.92 Å². The van der Waals surface area contributed by atoms with Gasteiger partial charge in [-0.05, 0) is 32.7 Å². The molecule has 5 heteroatoms. The van der Waals surface area contributed by atoms with Crippen LogP contribution in [0.5, 0.6) is 0 Å². The van der Waals surface area contributed by atoms with Crippen LogP contribution in [-0.2, 0) is 9.53 Å². The highest BCUT2D eigenvalue weighted by atomic mass is 16.5. The number of ether oxygens (including phenoxy) is 1. The molecule has 1 heterocycles. The number of hydrogen-bond donors (Lipinski definition) is 1. The van der Waals surface area contributed by atoms with Crippen LogP contribution in [0.25, 0.3) is 0 Å². The lowest BCUT2D eigenvalue weighted by molar-refractivity contribution is -0.137. The Kier molecular flexibility index (Phi) is 6.75. The topological polar surface area (TPSA) is 53.0 Å². The number of nitrogens with zero attached hydrogens (tertiary/aromatic N) is 2. The van der Waals surface area contributed by atoms with Gasteiger partial charge in [-0.25, -0.2) is 0 Å². The van der Waals surface area contributed by atoms with Crippen LogP contribution in [0.1, 0.15) is 26.7 Å². The predicted molar refractivity (Wildman–Crippen MR) is 75.0 cm³/mol. The molecule has 0 bridgehead atoms. The van der Waals surface area contributed by atoms with Crippen LogP contribution in [-0.4, -0.2) is 73.4 Å². The smallest absolute Gasteiger partial charge is 0.239 e. The summed E-state index contributed by atoms with van der Waals surface area (Å²) in [5, 5.41) is 9.70. The van der Waals surface area contributed by atoms with E-state index in [0.717, 1.165) is 31.8 Å². The minimum atomic E-state index is -0.549. The second kappa shape index (κ2) is 7.82. The maximum absolute atomic E-state index is 12.4. The summed E-state index contributed by atoms with van der Waals surface area (Å²) in [5.74, 6) is 0.889. The number of carbonyl (C=O) groups excluding carboxylic acids is 1. The Morgan fingerprint density at radius 1 is 1.47 bits per heavy atom. The molecule has 0 unspecified atom stereocenters. The molecular formula is C14H28N2O3. The first-order chi connectivity index (χ1) is 8.95. The zero-order valence-corrected chi connectivity index (χ0v) is 12.6. The van der Waals surface area contributed by atoms with Crippen molar-refractivity contribution in [2.45, 2.75) is 38.8 Å². The standard InChI is InChI=1S/C14H28N2O3/c1-11-5-7-16(8-6-11)14(18)12(2)15(3)9-13(17)10-19-4/h11-13,17H,5-10H2,1-4H3/t12-,13-/m1/s1. The number of methoxy groups -OCH3 is 1. The number of aliphatic hydroxyl groups excluding tert-OH is 1. The van der Waals surface area contributed by atoms with E-state index < -0.39 is 6.10 Å². The Balaban J connectivity index is 2.42. The van der Waals surface area contributed by atoms with E-state index in [1.54, 1.807) is 7.11 Å². The van der Waals surface area contributed by atoms with Crippen LogP contribution < -0.4 is 0 Å². The summed E-state index contributed by atoms with van der Waals surface area (Å²) < 4.78 is 4.90. The highest BCUT2D eigenvalue weighted by Crippen LogP contribution is 2.17. The molecule has 1 aliphatic rings. The quantitative estimate of drug-likeness (QED) is 0.768. The third-order valence-corrected chi connectivity index (χ3v) is 3.97. The van der Waals surface area contributed by atoms with Crippen molar-refractivity contribution in [1.29, 1.82) is 0 Å². The number of carbonyl (C=O) groups is 1. The van der Waals surface area contributed by atoms with Crippen LogP contribution in [0.3, 0.4) is 0 Å². The van der Waals surface area contributed by atoms with Crippen LogP contribution in [0.4, 0.5) is 0 Å². The third kappa shape index (κ3) is 5.09. The Hall–Kier alpha value is -0.650. The van der Waals surface area contributed by atoms with Crippen molar-refractivity contribution >= 4 is 5.91 Å². The molecule has 0 aromatic rings. The van der Waals surface area contributed by atoms with Gasteiger partial charge in [0.15, 0.2) is 0 Å². The van der Waals surface area contributed by atoms with E-state index in [0.29, 0.717) is 13.2 Å². The van der Waals surface area contributed by atoms with Crippen LogP contribution in [0, 0.1) is 5.92 Å². The molecule has 112 valence electrons. The van der Waals surface area contributed by atoms with Crippen molar-refractivity contribution in [2.75, 3.05) is 40.4 Å². The average molecular weight is 272 g/mol. The lowest BCUT2D eigenvalue weighted by atomic mass is 9.99. The van der Waals surface area contributed by atoms with Gasteiger partial charge in [0, 0.05) is 26.7 Å². The first-order valence-corrected chi connectivity index (χ1v) is 7.11. The fourth-order valence-electron chi connectivity index (χ4n) is 2.42. The largest absolute Gasteiger partial charge is 0.389 e. The lowest BCUT2D eigenvalue weighted by Crippen LogP contribution is -2.50. The maximum atomic E-state index is 12.4. The van der Waals surface area contributed by atoms with Gasteiger partial charge in [0.1, 0.15) is 0 Å². The van der Waals surface area contributed by atoms with Crippen molar-refractivity contribution in [3.63, 3.8) is 0 Å². The number of aliphatic hydroxyl groups is 1. The molecule has 0 spiro atoms. The normalized spacial score (nSPS) is 20.6. The molecule has 0 aromatic carbocycles. The Morgan fingerprint density at radius 3 is 2.58 bits per heavy atom. The first-order valence-electron chi connectivity index (χ1n) is 7.11. The molecule has 0 radical (unpaired) electrons. The van der Waals surface area contributed by atoms with E-state index in [1.807, 2.05) is 23.8 Å². The molecule has 0 saturated carbocycles. The van der Waals surface area contributed by atoms with Crippen molar-refractivity contribution in [1.82, 2.24) is 9.80 Å². The molecule has 1 aliphatic heterocycles. The maximum Gasteiger partial charge on any atom is 0.239 e. The van der Waals surface area contributed by atoms with E-state index >= 15 is 0 Å². The van der Waals surface area contributed by atoms with Crippen LogP contribution in [0.15, 0.2) is 0 Å². The summed E-state index contributed by atoms with van der Waals surface area (Å²) >= 11 is 0. The molecule has 1 N–H and O–H groups in total. The third-order valence-electron chi connectivity index (χ3n) is 3.97. The van der Waals surface area contributed by atoms with Crippen LogP contribution >= 0.6 is 0 Å². The molecule has 1 saturated heterocycles. The fraction of sp³-hybridized carbons (Fsp3) is 0.929. The summed E-state index contributed by atoms with van der Waals surface area (Å²) in [7, 11) is 3.43. The minimum Gasteiger partial charge on any atom is -0.389 e. The van der Waals surface area contributed by atoms with Gasteiger partial charge in [-0.15, -0.1) is 0 Å². The molecule has 1 rings (SSSR count). The summed E-state index contributed by atoms with van der Waals surface area (Å²) in [6.45, 7) is 6.60. The van der Waals surface area contributed by atoms with Gasteiger partial charge in [-0.3, -0.25) is 9.69 Å². The Labute approximate surface area is 116 Å². The molecule has 0 aromatic heterocycles. The molecular weight excluding hydrogens is 244 g/mol. The van der Waals surface area contributed by atoms with Crippen LogP contribution in [0.2, 0.25) is 0 Å². The second-order valence-corrected chi connectivity index (χ2v) is 5.73. The summed E-state index contributed by atoms with van der Waals surface area (Å²) in [5.41, 5.74) is 0. The van der Waals surface area contributed by atoms with Gasteiger partial charge in [0.05, 0.1) is 18.8 Å². The molecule has 5 nitrogen and oxygen atoms in total. The first kappa shape index (κ1) is 16.4. The SMILES string of the molecule is COC[C@H](O)CN(C)[C@H](C)C(=O)N1CCC(C)CC1. The average Bonchev–Trinajstić information content (AvgIpc) is 2.38. The number of hydrogen-bond acceptors (Lipinski definition) is 4. The number of piperidine rings is 1. The van der Waals surface area contributed by atoms with Gasteiger partial charge in [0.25, 0.3) is 0 Å². The summed E-state index contributed by atoms with van der Waals surface area (Å²) in [4.78, 5) is 16.2.